The zero-order valence-corrected chi connectivity index (χ0v) is 11.5. The Hall–Kier alpha value is -0.553. The lowest BCUT2D eigenvalue weighted by Crippen LogP contribution is -2.25. The number of rotatable bonds is 1. The predicted octanol–water partition coefficient (Wildman–Crippen LogP) is 3.12. The minimum Gasteiger partial charge on any atom is -0.285 e. The molecule has 0 aliphatic carbocycles. The lowest BCUT2D eigenvalue weighted by Gasteiger charge is -2.23. The fraction of sp³-hybridized carbons (Fsp3) is 0.750. The van der Waals surface area contributed by atoms with Crippen molar-refractivity contribution >= 4 is 13.9 Å². The van der Waals surface area contributed by atoms with Gasteiger partial charge in [0.05, 0.1) is 0 Å². The Morgan fingerprint density at radius 2 is 1.64 bits per heavy atom. The summed E-state index contributed by atoms with van der Waals surface area (Å²) >= 11 is 0. The number of hydrogen-bond donors (Lipinski definition) is 0. The molecule has 0 spiro atoms. The van der Waals surface area contributed by atoms with Gasteiger partial charge in [-0.25, -0.2) is 0 Å². The molecule has 1 atom stereocenters. The average molecular weight is 210 g/mol. The molecule has 80 valence electrons. The van der Waals surface area contributed by atoms with E-state index in [1.807, 2.05) is 6.92 Å². The van der Waals surface area contributed by atoms with Gasteiger partial charge < -0.3 is 0 Å². The van der Waals surface area contributed by atoms with E-state index in [1.54, 1.807) is 0 Å². The van der Waals surface area contributed by atoms with E-state index in [4.69, 9.17) is 0 Å². The van der Waals surface area contributed by atoms with Crippen LogP contribution in [0.2, 0.25) is 19.6 Å². The highest BCUT2D eigenvalue weighted by atomic mass is 28.3. The summed E-state index contributed by atoms with van der Waals surface area (Å²) in [6.45, 7) is 14.6. The number of carbonyl (C=O) groups excluding carboxylic acids is 1. The van der Waals surface area contributed by atoms with Gasteiger partial charge in [0, 0.05) is 5.92 Å². The molecular formula is C12H22OSi. The topological polar surface area (TPSA) is 17.1 Å². The fourth-order valence-electron chi connectivity index (χ4n) is 0.751. The Morgan fingerprint density at radius 1 is 1.21 bits per heavy atom. The van der Waals surface area contributed by atoms with E-state index in [2.05, 4.69) is 51.9 Å². The molecule has 0 saturated heterocycles. The van der Waals surface area contributed by atoms with E-state index in [0.717, 1.165) is 0 Å². The van der Waals surface area contributed by atoms with Gasteiger partial charge in [-0.15, -0.1) is 5.54 Å². The highest BCUT2D eigenvalue weighted by molar-refractivity contribution is 6.84. The molecule has 0 aromatic heterocycles. The highest BCUT2D eigenvalue weighted by Gasteiger charge is 2.25. The van der Waals surface area contributed by atoms with Gasteiger partial charge in [0.15, 0.2) is 0 Å². The molecule has 2 heteroatoms. The van der Waals surface area contributed by atoms with Crippen LogP contribution in [0.5, 0.6) is 0 Å². The molecule has 0 N–H and O–H groups in total. The summed E-state index contributed by atoms with van der Waals surface area (Å²) in [5.74, 6) is 2.90. The minimum atomic E-state index is -1.41. The molecular weight excluding hydrogens is 188 g/mol. The van der Waals surface area contributed by atoms with E-state index in [9.17, 15) is 4.79 Å². The third kappa shape index (κ3) is 5.24. The molecule has 0 unspecified atom stereocenters. The summed E-state index contributed by atoms with van der Waals surface area (Å²) < 4.78 is 0. The summed E-state index contributed by atoms with van der Waals surface area (Å²) in [6, 6.07) is 0. The maximum Gasteiger partial charge on any atom is 0.208 e. The second-order valence-corrected chi connectivity index (χ2v) is 10.7. The van der Waals surface area contributed by atoms with Crippen LogP contribution in [-0.2, 0) is 4.79 Å². The van der Waals surface area contributed by atoms with Gasteiger partial charge in [0.25, 0.3) is 0 Å². The van der Waals surface area contributed by atoms with E-state index in [-0.39, 0.29) is 17.1 Å². The third-order valence-corrected chi connectivity index (χ3v) is 3.13. The van der Waals surface area contributed by atoms with Gasteiger partial charge in [-0.3, -0.25) is 4.79 Å². The summed E-state index contributed by atoms with van der Waals surface area (Å²) in [5.41, 5.74) is 3.13. The van der Waals surface area contributed by atoms with Gasteiger partial charge in [0.1, 0.15) is 8.07 Å². The van der Waals surface area contributed by atoms with Crippen molar-refractivity contribution in [2.75, 3.05) is 0 Å². The van der Waals surface area contributed by atoms with Crippen LogP contribution in [0.25, 0.3) is 0 Å². The quantitative estimate of drug-likeness (QED) is 0.480. The van der Waals surface area contributed by atoms with Gasteiger partial charge in [-0.2, -0.15) is 0 Å². The van der Waals surface area contributed by atoms with E-state index < -0.39 is 8.07 Å². The molecule has 0 amide bonds. The van der Waals surface area contributed by atoms with Gasteiger partial charge in [-0.05, 0) is 11.3 Å². The normalized spacial score (nSPS) is 14.2. The Morgan fingerprint density at radius 3 is 1.93 bits per heavy atom. The monoisotopic (exact) mass is 210 g/mol. The van der Waals surface area contributed by atoms with Gasteiger partial charge in [0.2, 0.25) is 5.78 Å². The standard InChI is InChI=1S/C12H22OSi/c1-10(12(2,3)4)11(13)8-9-14(5,6)7/h10H,1-7H3/t10-/m1/s1. The average Bonchev–Trinajstić information content (AvgIpc) is 1.95. The Kier molecular flexibility index (Phi) is 4.14. The van der Waals surface area contributed by atoms with E-state index in [1.165, 1.54) is 0 Å². The second kappa shape index (κ2) is 4.31. The van der Waals surface area contributed by atoms with Crippen molar-refractivity contribution in [2.45, 2.75) is 47.3 Å². The van der Waals surface area contributed by atoms with Crippen molar-refractivity contribution in [2.24, 2.45) is 11.3 Å². The van der Waals surface area contributed by atoms with Crippen molar-refractivity contribution in [1.82, 2.24) is 0 Å². The van der Waals surface area contributed by atoms with Crippen molar-refractivity contribution < 1.29 is 4.79 Å². The number of hydrogen-bond acceptors (Lipinski definition) is 1. The van der Waals surface area contributed by atoms with Crippen LogP contribution in [0.4, 0.5) is 0 Å². The first-order valence-electron chi connectivity index (χ1n) is 5.11. The summed E-state index contributed by atoms with van der Waals surface area (Å²) in [4.78, 5) is 11.7. The summed E-state index contributed by atoms with van der Waals surface area (Å²) in [5, 5.41) is 0. The minimum absolute atomic E-state index is 0.0191. The van der Waals surface area contributed by atoms with Crippen molar-refractivity contribution in [3.05, 3.63) is 0 Å². The first kappa shape index (κ1) is 13.4. The molecule has 1 nitrogen and oxygen atoms in total. The smallest absolute Gasteiger partial charge is 0.208 e. The Labute approximate surface area is 89.3 Å². The second-order valence-electron chi connectivity index (χ2n) is 5.95. The van der Waals surface area contributed by atoms with Gasteiger partial charge in [-0.1, -0.05) is 47.3 Å². The molecule has 0 heterocycles. The molecule has 0 aromatic carbocycles. The van der Waals surface area contributed by atoms with Crippen LogP contribution in [-0.4, -0.2) is 13.9 Å². The number of ketones is 1. The van der Waals surface area contributed by atoms with E-state index >= 15 is 0 Å². The van der Waals surface area contributed by atoms with Crippen molar-refractivity contribution in [1.29, 1.82) is 0 Å². The first-order chi connectivity index (χ1) is 6.04. The summed E-state index contributed by atoms with van der Waals surface area (Å²) in [6.07, 6.45) is 0. The molecule has 0 aliphatic rings. The van der Waals surface area contributed by atoms with E-state index in [0.29, 0.717) is 0 Å². The zero-order valence-electron chi connectivity index (χ0n) is 10.5. The molecule has 0 aliphatic heterocycles. The van der Waals surface area contributed by atoms with Crippen LogP contribution < -0.4 is 0 Å². The SMILES string of the molecule is C[C@H](C(=O)C#C[Si](C)(C)C)C(C)(C)C. The van der Waals surface area contributed by atoms with Gasteiger partial charge >= 0.3 is 0 Å². The fourth-order valence-corrected chi connectivity index (χ4v) is 1.25. The van der Waals surface area contributed by atoms with Crippen LogP contribution in [0.3, 0.4) is 0 Å². The first-order valence-corrected chi connectivity index (χ1v) is 8.61. The molecule has 0 bridgehead atoms. The molecule has 0 saturated carbocycles. The molecule has 0 fully saturated rings. The molecule has 0 radical (unpaired) electrons. The van der Waals surface area contributed by atoms with Crippen LogP contribution in [0.1, 0.15) is 27.7 Å². The molecule has 0 aromatic rings. The molecule has 0 rings (SSSR count). The van der Waals surface area contributed by atoms with Crippen LogP contribution in [0.15, 0.2) is 0 Å². The molecule has 14 heavy (non-hydrogen) atoms. The van der Waals surface area contributed by atoms with Crippen LogP contribution >= 0.6 is 0 Å². The third-order valence-electron chi connectivity index (χ3n) is 2.25. The van der Waals surface area contributed by atoms with Crippen molar-refractivity contribution in [3.8, 4) is 11.5 Å². The van der Waals surface area contributed by atoms with Crippen LogP contribution in [0, 0.1) is 22.8 Å². The lowest BCUT2D eigenvalue weighted by atomic mass is 9.80. The Bertz CT molecular complexity index is 267. The van der Waals surface area contributed by atoms with Crippen molar-refractivity contribution in [3.63, 3.8) is 0 Å². The number of carbonyl (C=O) groups is 1. The summed E-state index contributed by atoms with van der Waals surface area (Å²) in [7, 11) is -1.41. The maximum atomic E-state index is 11.7. The highest BCUT2D eigenvalue weighted by Crippen LogP contribution is 2.25. The predicted molar refractivity (Wildman–Crippen MR) is 64.7 cm³/mol. The Balaban J connectivity index is 4.58. The largest absolute Gasteiger partial charge is 0.285 e. The zero-order chi connectivity index (χ0) is 11.6. The maximum absolute atomic E-state index is 11.7. The lowest BCUT2D eigenvalue weighted by molar-refractivity contribution is -0.119. The number of Topliss-reactive ketones (excluding diaryl/α,β-unsaturated/α-hetero) is 1.